The van der Waals surface area contributed by atoms with Crippen molar-refractivity contribution in [3.8, 4) is 11.5 Å². The summed E-state index contributed by atoms with van der Waals surface area (Å²) in [6.45, 7) is 17.8. The van der Waals surface area contributed by atoms with Gasteiger partial charge in [-0.05, 0) is 123 Å². The van der Waals surface area contributed by atoms with Gasteiger partial charge in [0.05, 0.1) is 5.41 Å². The number of phenols is 2. The zero-order chi connectivity index (χ0) is 33.2. The zero-order valence-electron chi connectivity index (χ0n) is 27.9. The van der Waals surface area contributed by atoms with Crippen LogP contribution in [0.4, 0.5) is 0 Å². The molecule has 3 N–H and O–H groups in total. The van der Waals surface area contributed by atoms with Crippen molar-refractivity contribution in [3.05, 3.63) is 81.7 Å². The fourth-order valence-corrected chi connectivity index (χ4v) is 7.13. The molecule has 0 heterocycles. The van der Waals surface area contributed by atoms with Gasteiger partial charge in [-0.3, -0.25) is 14.4 Å². The zero-order valence-corrected chi connectivity index (χ0v) is 27.9. The first kappa shape index (κ1) is 34.8. The molecule has 0 aliphatic heterocycles. The molecular formula is C38H50O6. The number of fused-ring (bicyclic) bond motifs is 2. The van der Waals surface area contributed by atoms with E-state index in [4.69, 9.17) is 0 Å². The highest BCUT2D eigenvalue weighted by Gasteiger charge is 2.73. The van der Waals surface area contributed by atoms with Gasteiger partial charge in [0.25, 0.3) is 0 Å². The summed E-state index contributed by atoms with van der Waals surface area (Å²) in [4.78, 5) is 44.5. The van der Waals surface area contributed by atoms with E-state index in [1.807, 2.05) is 74.5 Å². The number of rotatable bonds is 11. The van der Waals surface area contributed by atoms with Gasteiger partial charge in [0.2, 0.25) is 0 Å². The maximum absolute atomic E-state index is 15.2. The lowest BCUT2D eigenvalue weighted by molar-refractivity contribution is -0.174. The number of benzene rings is 1. The highest BCUT2D eigenvalue weighted by Crippen LogP contribution is 2.68. The summed E-state index contributed by atoms with van der Waals surface area (Å²) in [5, 5.41) is 32.2. The predicted octanol–water partition coefficient (Wildman–Crippen LogP) is 9.06. The molecule has 1 fully saturated rings. The van der Waals surface area contributed by atoms with Crippen molar-refractivity contribution < 1.29 is 29.7 Å². The van der Waals surface area contributed by atoms with Gasteiger partial charge in [0.1, 0.15) is 16.7 Å². The largest absolute Gasteiger partial charge is 0.510 e. The summed E-state index contributed by atoms with van der Waals surface area (Å²) in [7, 11) is 0. The molecule has 2 aliphatic rings. The summed E-state index contributed by atoms with van der Waals surface area (Å²) >= 11 is 0. The Hall–Kier alpha value is -3.67. The number of phenolic OH excluding ortho intramolecular Hbond substituents is 2. The van der Waals surface area contributed by atoms with Gasteiger partial charge in [-0.1, -0.05) is 53.5 Å². The molecule has 0 saturated heterocycles. The number of aliphatic hydroxyl groups excluding tert-OH is 1. The van der Waals surface area contributed by atoms with Crippen molar-refractivity contribution in [3.63, 3.8) is 0 Å². The third kappa shape index (κ3) is 6.13. The number of hydrogen-bond donors (Lipinski definition) is 3. The van der Waals surface area contributed by atoms with Crippen molar-refractivity contribution in [1.29, 1.82) is 0 Å². The fraction of sp³-hybridized carbons (Fsp3) is 0.500. The van der Waals surface area contributed by atoms with Gasteiger partial charge in [-0.2, -0.15) is 0 Å². The van der Waals surface area contributed by atoms with E-state index < -0.39 is 50.6 Å². The number of ketones is 3. The van der Waals surface area contributed by atoms with Crippen molar-refractivity contribution >= 4 is 17.3 Å². The van der Waals surface area contributed by atoms with Gasteiger partial charge >= 0.3 is 0 Å². The third-order valence-electron chi connectivity index (χ3n) is 9.76. The number of aliphatic hydroxyl groups is 1. The molecule has 6 nitrogen and oxygen atoms in total. The molecule has 6 heteroatoms. The van der Waals surface area contributed by atoms with Crippen LogP contribution in [0.15, 0.2) is 76.1 Å². The van der Waals surface area contributed by atoms with Crippen LogP contribution in [0.1, 0.15) is 111 Å². The molecule has 3 rings (SSSR count). The first-order valence-electron chi connectivity index (χ1n) is 15.6. The lowest BCUT2D eigenvalue weighted by Gasteiger charge is -2.61. The Bertz CT molecular complexity index is 1480. The molecular weight excluding hydrogens is 552 g/mol. The number of carbonyl (C=O) groups excluding carboxylic acids is 3. The summed E-state index contributed by atoms with van der Waals surface area (Å²) in [5.41, 5.74) is -0.192. The minimum absolute atomic E-state index is 0.0512. The van der Waals surface area contributed by atoms with Crippen LogP contribution in [0.5, 0.6) is 11.5 Å². The normalized spacial score (nSPS) is 26.2. The van der Waals surface area contributed by atoms with Gasteiger partial charge < -0.3 is 15.3 Å². The van der Waals surface area contributed by atoms with Crippen molar-refractivity contribution in [2.24, 2.45) is 22.2 Å². The van der Waals surface area contributed by atoms with Crippen LogP contribution in [0.2, 0.25) is 0 Å². The van der Waals surface area contributed by atoms with E-state index in [1.165, 1.54) is 12.1 Å². The van der Waals surface area contributed by atoms with Crippen LogP contribution in [0.3, 0.4) is 0 Å². The quantitative estimate of drug-likeness (QED) is 0.0766. The molecule has 2 aliphatic carbocycles. The number of Topliss-reactive ketones (excluding diaryl/α,β-unsaturated/α-hetero) is 3. The Kier molecular flexibility index (Phi) is 10.4. The highest BCUT2D eigenvalue weighted by atomic mass is 16.3. The Labute approximate surface area is 263 Å². The average molecular weight is 603 g/mol. The molecule has 1 aromatic carbocycles. The Morgan fingerprint density at radius 1 is 0.818 bits per heavy atom. The second-order valence-electron chi connectivity index (χ2n) is 14.0. The van der Waals surface area contributed by atoms with Crippen molar-refractivity contribution in [1.82, 2.24) is 0 Å². The van der Waals surface area contributed by atoms with Crippen molar-refractivity contribution in [2.75, 3.05) is 0 Å². The number of hydrogen-bond acceptors (Lipinski definition) is 6. The Morgan fingerprint density at radius 2 is 1.39 bits per heavy atom. The van der Waals surface area contributed by atoms with E-state index in [2.05, 4.69) is 12.2 Å². The SMILES string of the molecule is CC(C)=CCC[C@@]1(C)[C@H](CC=C(C)C)C[C@]2(CC=C(C)C)C(=O)[C@@]1(CC=C(C)C)C(=O)C(C(=O)c1ccc(O)c(O)c1)=C2O. The Balaban J connectivity index is 2.49. The molecule has 0 spiro atoms. The number of allylic oxidation sites excluding steroid dienone is 10. The van der Waals surface area contributed by atoms with Crippen LogP contribution >= 0.6 is 0 Å². The molecule has 0 aromatic heterocycles. The van der Waals surface area contributed by atoms with Gasteiger partial charge in [-0.25, -0.2) is 0 Å². The van der Waals surface area contributed by atoms with Crippen LogP contribution < -0.4 is 0 Å². The molecule has 44 heavy (non-hydrogen) atoms. The highest BCUT2D eigenvalue weighted by molar-refractivity contribution is 6.35. The van der Waals surface area contributed by atoms with Gasteiger partial charge in [-0.15, -0.1) is 0 Å². The maximum Gasteiger partial charge on any atom is 0.200 e. The summed E-state index contributed by atoms with van der Waals surface area (Å²) in [6, 6.07) is 3.58. The van der Waals surface area contributed by atoms with E-state index in [9.17, 15) is 20.1 Å². The third-order valence-corrected chi connectivity index (χ3v) is 9.76. The first-order valence-corrected chi connectivity index (χ1v) is 15.6. The monoisotopic (exact) mass is 602 g/mol. The summed E-state index contributed by atoms with van der Waals surface area (Å²) in [6.07, 6.45) is 10.5. The van der Waals surface area contributed by atoms with E-state index in [1.54, 1.807) is 0 Å². The molecule has 4 atom stereocenters. The number of aromatic hydroxyl groups is 2. The van der Waals surface area contributed by atoms with E-state index >= 15 is 9.59 Å². The second kappa shape index (κ2) is 13.1. The van der Waals surface area contributed by atoms with Gasteiger partial charge in [0.15, 0.2) is 28.8 Å². The maximum atomic E-state index is 15.2. The van der Waals surface area contributed by atoms with E-state index in [-0.39, 0.29) is 36.5 Å². The molecule has 1 saturated carbocycles. The number of carbonyl (C=O) groups is 3. The topological polar surface area (TPSA) is 112 Å². The molecule has 2 bridgehead atoms. The van der Waals surface area contributed by atoms with Crippen molar-refractivity contribution in [2.45, 2.75) is 101 Å². The molecule has 1 aromatic rings. The second-order valence-corrected chi connectivity index (χ2v) is 14.0. The van der Waals surface area contributed by atoms with Crippen LogP contribution in [-0.4, -0.2) is 32.7 Å². The van der Waals surface area contributed by atoms with Crippen LogP contribution in [-0.2, 0) is 9.59 Å². The van der Waals surface area contributed by atoms with Gasteiger partial charge in [0, 0.05) is 5.56 Å². The standard InChI is InChI=1S/C38H50O6/c1-23(2)11-10-18-36(9)28(14-12-24(3)4)22-37(19-16-25(5)6)33(42)31(32(41)27-13-15-29(39)30(40)21-27)34(43)38(36,35(37)44)20-17-26(7)8/h11-13,15-17,21,28,39-40,42H,10,14,18-20,22H2,1-9H3/t28-,36+,37+,38-/m1/s1. The lowest BCUT2D eigenvalue weighted by Crippen LogP contribution is -2.67. The molecule has 0 unspecified atom stereocenters. The molecule has 238 valence electrons. The van der Waals surface area contributed by atoms with E-state index in [0.717, 1.165) is 28.4 Å². The summed E-state index contributed by atoms with van der Waals surface area (Å²) in [5.74, 6) is -3.29. The molecule has 0 radical (unpaired) electrons. The van der Waals surface area contributed by atoms with Crippen LogP contribution in [0.25, 0.3) is 0 Å². The molecule has 0 amide bonds. The predicted molar refractivity (Wildman–Crippen MR) is 176 cm³/mol. The van der Waals surface area contributed by atoms with E-state index in [0.29, 0.717) is 19.3 Å². The van der Waals surface area contributed by atoms with Crippen LogP contribution in [0, 0.1) is 22.2 Å². The summed E-state index contributed by atoms with van der Waals surface area (Å²) < 4.78 is 0. The Morgan fingerprint density at radius 3 is 1.93 bits per heavy atom. The first-order chi connectivity index (χ1) is 20.4. The lowest BCUT2D eigenvalue weighted by atomic mass is 9.38. The minimum atomic E-state index is -1.61. The fourth-order valence-electron chi connectivity index (χ4n) is 7.13. The smallest absolute Gasteiger partial charge is 0.200 e. The minimum Gasteiger partial charge on any atom is -0.510 e. The average Bonchev–Trinajstić information content (AvgIpc) is 2.92.